The molecule has 7 heteroatoms. The maximum absolute atomic E-state index is 11.0. The van der Waals surface area contributed by atoms with Gasteiger partial charge in [-0.05, 0) is 12.0 Å². The van der Waals surface area contributed by atoms with Gasteiger partial charge in [-0.25, -0.2) is 0 Å². The number of non-ortho nitro benzene ring substituents is 1. The zero-order valence-corrected chi connectivity index (χ0v) is 15.2. The first-order chi connectivity index (χ1) is 10.2. The van der Waals surface area contributed by atoms with E-state index in [1.54, 1.807) is 12.1 Å². The zero-order valence-electron chi connectivity index (χ0n) is 13.6. The van der Waals surface area contributed by atoms with E-state index >= 15 is 0 Å². The average molecular weight is 364 g/mol. The number of nitro groups is 1. The highest BCUT2D eigenvalue weighted by atomic mass is 35.5. The van der Waals surface area contributed by atoms with Gasteiger partial charge in [-0.15, -0.1) is 24.8 Å². The Kier molecular flexibility index (Phi) is 11.2. The van der Waals surface area contributed by atoms with Crippen LogP contribution in [0.5, 0.6) is 0 Å². The van der Waals surface area contributed by atoms with Crippen molar-refractivity contribution in [2.45, 2.75) is 38.6 Å². The third kappa shape index (κ3) is 6.63. The first kappa shape index (κ1) is 22.1. The molecule has 1 heterocycles. The monoisotopic (exact) mass is 363 g/mol. The maximum atomic E-state index is 11.0. The van der Waals surface area contributed by atoms with Crippen LogP contribution < -0.4 is 5.32 Å². The molecule has 0 bridgehead atoms. The van der Waals surface area contributed by atoms with E-state index in [2.05, 4.69) is 17.1 Å². The highest BCUT2D eigenvalue weighted by molar-refractivity contribution is 5.85. The van der Waals surface area contributed by atoms with E-state index in [0.717, 1.165) is 38.2 Å². The van der Waals surface area contributed by atoms with Crippen LogP contribution in [0, 0.1) is 10.1 Å². The molecule has 1 aromatic carbocycles. The first-order valence-corrected chi connectivity index (χ1v) is 7.91. The lowest BCUT2D eigenvalue weighted by Crippen LogP contribution is -2.45. The topological polar surface area (TPSA) is 58.4 Å². The fourth-order valence-electron chi connectivity index (χ4n) is 2.99. The van der Waals surface area contributed by atoms with Gasteiger partial charge in [0.1, 0.15) is 0 Å². The second-order valence-electron chi connectivity index (χ2n) is 5.65. The van der Waals surface area contributed by atoms with Crippen molar-refractivity contribution in [2.75, 3.05) is 26.2 Å². The molecule has 132 valence electrons. The molecule has 5 nitrogen and oxygen atoms in total. The first-order valence-electron chi connectivity index (χ1n) is 7.91. The van der Waals surface area contributed by atoms with Gasteiger partial charge < -0.3 is 5.32 Å². The summed E-state index contributed by atoms with van der Waals surface area (Å²) in [5, 5.41) is 14.4. The lowest BCUT2D eigenvalue weighted by molar-refractivity contribution is -0.385. The summed E-state index contributed by atoms with van der Waals surface area (Å²) in [5.41, 5.74) is 1.28. The molecule has 1 aliphatic rings. The molecule has 0 unspecified atom stereocenters. The SMILES string of the molecule is CCCCC[C@H](c1cccc([N+](=O)[O-])c1)N1CCNCC1.Cl.Cl. The molecule has 1 saturated heterocycles. The number of unbranched alkanes of at least 4 members (excludes halogenated alkanes) is 2. The van der Waals surface area contributed by atoms with E-state index in [-0.39, 0.29) is 35.4 Å². The molecular formula is C16H27Cl2N3O2. The molecule has 0 saturated carbocycles. The molecule has 0 spiro atoms. The van der Waals surface area contributed by atoms with E-state index in [4.69, 9.17) is 0 Å². The van der Waals surface area contributed by atoms with Crippen LogP contribution in [0.15, 0.2) is 24.3 Å². The van der Waals surface area contributed by atoms with Gasteiger partial charge in [-0.2, -0.15) is 0 Å². The van der Waals surface area contributed by atoms with Gasteiger partial charge in [0.25, 0.3) is 5.69 Å². The van der Waals surface area contributed by atoms with Crippen molar-refractivity contribution in [1.82, 2.24) is 10.2 Å². The molecule has 1 fully saturated rings. The molecule has 1 aromatic rings. The minimum atomic E-state index is -0.301. The van der Waals surface area contributed by atoms with Gasteiger partial charge in [0, 0.05) is 44.4 Å². The molecule has 0 radical (unpaired) electrons. The van der Waals surface area contributed by atoms with Crippen LogP contribution in [-0.4, -0.2) is 36.0 Å². The van der Waals surface area contributed by atoms with Gasteiger partial charge in [0.05, 0.1) is 4.92 Å². The van der Waals surface area contributed by atoms with Gasteiger partial charge in [0.2, 0.25) is 0 Å². The van der Waals surface area contributed by atoms with Crippen LogP contribution in [-0.2, 0) is 0 Å². The van der Waals surface area contributed by atoms with Gasteiger partial charge in [0.15, 0.2) is 0 Å². The number of nitro benzene ring substituents is 1. The van der Waals surface area contributed by atoms with Crippen molar-refractivity contribution in [1.29, 1.82) is 0 Å². The minimum absolute atomic E-state index is 0. The van der Waals surface area contributed by atoms with Crippen LogP contribution >= 0.6 is 24.8 Å². The third-order valence-electron chi connectivity index (χ3n) is 4.14. The number of benzene rings is 1. The normalized spacial score (nSPS) is 16.0. The summed E-state index contributed by atoms with van der Waals surface area (Å²) in [5.74, 6) is 0. The molecular weight excluding hydrogens is 337 g/mol. The highest BCUT2D eigenvalue weighted by Crippen LogP contribution is 2.29. The molecule has 1 aliphatic heterocycles. The number of halogens is 2. The standard InChI is InChI=1S/C16H25N3O2.2ClH/c1-2-3-4-8-16(18-11-9-17-10-12-18)14-6-5-7-15(13-14)19(20)21;;/h5-7,13,16-17H,2-4,8-12H2,1H3;2*1H/t16-;;/m1../s1. The Morgan fingerprint density at radius 2 is 1.96 bits per heavy atom. The summed E-state index contributed by atoms with van der Waals surface area (Å²) < 4.78 is 0. The van der Waals surface area contributed by atoms with Crippen LogP contribution in [0.4, 0.5) is 5.69 Å². The van der Waals surface area contributed by atoms with Crippen molar-refractivity contribution in [2.24, 2.45) is 0 Å². The van der Waals surface area contributed by atoms with Crippen LogP contribution in [0.1, 0.15) is 44.2 Å². The molecule has 0 aliphatic carbocycles. The Hall–Kier alpha value is -0.880. The Morgan fingerprint density at radius 1 is 1.26 bits per heavy atom. The summed E-state index contributed by atoms with van der Waals surface area (Å²) in [6.07, 6.45) is 4.67. The van der Waals surface area contributed by atoms with Crippen molar-refractivity contribution in [3.05, 3.63) is 39.9 Å². The number of piperazine rings is 1. The Balaban J connectivity index is 0.00000242. The largest absolute Gasteiger partial charge is 0.314 e. The van der Waals surface area contributed by atoms with E-state index < -0.39 is 0 Å². The number of rotatable bonds is 7. The number of nitrogens with zero attached hydrogens (tertiary/aromatic N) is 2. The molecule has 1 N–H and O–H groups in total. The van der Waals surface area contributed by atoms with Crippen LogP contribution in [0.25, 0.3) is 0 Å². The Labute approximate surface area is 150 Å². The summed E-state index contributed by atoms with van der Waals surface area (Å²) in [4.78, 5) is 13.2. The van der Waals surface area contributed by atoms with E-state index in [0.29, 0.717) is 6.04 Å². The van der Waals surface area contributed by atoms with Crippen LogP contribution in [0.3, 0.4) is 0 Å². The molecule has 1 atom stereocenters. The van der Waals surface area contributed by atoms with Crippen molar-refractivity contribution < 1.29 is 4.92 Å². The quantitative estimate of drug-likeness (QED) is 0.452. The summed E-state index contributed by atoms with van der Waals surface area (Å²) in [6, 6.07) is 7.47. The van der Waals surface area contributed by atoms with Crippen molar-refractivity contribution in [3.8, 4) is 0 Å². The zero-order chi connectivity index (χ0) is 15.1. The van der Waals surface area contributed by atoms with Gasteiger partial charge in [-0.1, -0.05) is 38.3 Å². The van der Waals surface area contributed by atoms with Crippen molar-refractivity contribution >= 4 is 30.5 Å². The summed E-state index contributed by atoms with van der Waals surface area (Å²) in [6.45, 7) is 6.23. The predicted octanol–water partition coefficient (Wildman–Crippen LogP) is 3.97. The maximum Gasteiger partial charge on any atom is 0.269 e. The second kappa shape index (κ2) is 11.6. The smallest absolute Gasteiger partial charge is 0.269 e. The second-order valence-corrected chi connectivity index (χ2v) is 5.65. The minimum Gasteiger partial charge on any atom is -0.314 e. The van der Waals surface area contributed by atoms with Gasteiger partial charge in [-0.3, -0.25) is 15.0 Å². The fourth-order valence-corrected chi connectivity index (χ4v) is 2.99. The predicted molar refractivity (Wildman–Crippen MR) is 98.9 cm³/mol. The number of hydrogen-bond acceptors (Lipinski definition) is 4. The van der Waals surface area contributed by atoms with E-state index in [9.17, 15) is 10.1 Å². The van der Waals surface area contributed by atoms with E-state index in [1.807, 2.05) is 12.1 Å². The lowest BCUT2D eigenvalue weighted by atomic mass is 9.97. The fraction of sp³-hybridized carbons (Fsp3) is 0.625. The number of nitrogens with one attached hydrogen (secondary N) is 1. The molecule has 0 aromatic heterocycles. The Morgan fingerprint density at radius 3 is 2.57 bits per heavy atom. The average Bonchev–Trinajstić information content (AvgIpc) is 2.52. The highest BCUT2D eigenvalue weighted by Gasteiger charge is 2.23. The van der Waals surface area contributed by atoms with Crippen LogP contribution in [0.2, 0.25) is 0 Å². The number of hydrogen-bond donors (Lipinski definition) is 1. The van der Waals surface area contributed by atoms with E-state index in [1.165, 1.54) is 19.3 Å². The van der Waals surface area contributed by atoms with Gasteiger partial charge >= 0.3 is 0 Å². The van der Waals surface area contributed by atoms with Crippen molar-refractivity contribution in [3.63, 3.8) is 0 Å². The molecule has 23 heavy (non-hydrogen) atoms. The third-order valence-corrected chi connectivity index (χ3v) is 4.14. The molecule has 0 amide bonds. The summed E-state index contributed by atoms with van der Waals surface area (Å²) in [7, 11) is 0. The lowest BCUT2D eigenvalue weighted by Gasteiger charge is -2.35. The molecule has 2 rings (SSSR count). The summed E-state index contributed by atoms with van der Waals surface area (Å²) >= 11 is 0. The Bertz CT molecular complexity index is 468.